The molecule has 0 amide bonds. The third-order valence-corrected chi connectivity index (χ3v) is 5.15. The van der Waals surface area contributed by atoms with E-state index in [2.05, 4.69) is 34.5 Å². The van der Waals surface area contributed by atoms with Gasteiger partial charge >= 0.3 is 5.97 Å². The van der Waals surface area contributed by atoms with Crippen molar-refractivity contribution in [1.29, 1.82) is 0 Å². The van der Waals surface area contributed by atoms with Crippen molar-refractivity contribution in [2.24, 2.45) is 5.41 Å². The van der Waals surface area contributed by atoms with Crippen LogP contribution in [0.1, 0.15) is 39.5 Å². The standard InChI is InChI=1S/C18H28N2O2/c1-3-18(4-2,17(21)22)14-19-15-10-12-20(13-11-15)16-8-6-5-7-9-16/h5-9,15,19H,3-4,10-14H2,1-2H3,(H,21,22). The van der Waals surface area contributed by atoms with E-state index in [0.29, 0.717) is 25.4 Å². The average molecular weight is 304 g/mol. The van der Waals surface area contributed by atoms with E-state index in [-0.39, 0.29) is 0 Å². The van der Waals surface area contributed by atoms with E-state index in [4.69, 9.17) is 0 Å². The Balaban J connectivity index is 1.84. The van der Waals surface area contributed by atoms with Gasteiger partial charge in [-0.2, -0.15) is 0 Å². The lowest BCUT2D eigenvalue weighted by Gasteiger charge is -2.36. The highest BCUT2D eigenvalue weighted by atomic mass is 16.4. The number of anilines is 1. The van der Waals surface area contributed by atoms with Crippen molar-refractivity contribution in [1.82, 2.24) is 5.32 Å². The van der Waals surface area contributed by atoms with Gasteiger partial charge in [-0.15, -0.1) is 0 Å². The van der Waals surface area contributed by atoms with Gasteiger partial charge in [-0.3, -0.25) is 4.79 Å². The van der Waals surface area contributed by atoms with Crippen molar-refractivity contribution in [3.63, 3.8) is 0 Å². The van der Waals surface area contributed by atoms with Gasteiger partial charge in [0.15, 0.2) is 0 Å². The van der Waals surface area contributed by atoms with Crippen LogP contribution in [0, 0.1) is 5.41 Å². The predicted octanol–water partition coefficient (Wildman–Crippen LogP) is 3.14. The first-order chi connectivity index (χ1) is 10.6. The highest BCUT2D eigenvalue weighted by Gasteiger charge is 2.35. The van der Waals surface area contributed by atoms with Crippen molar-refractivity contribution in [2.45, 2.75) is 45.6 Å². The summed E-state index contributed by atoms with van der Waals surface area (Å²) < 4.78 is 0. The maximum Gasteiger partial charge on any atom is 0.310 e. The summed E-state index contributed by atoms with van der Waals surface area (Å²) in [5.74, 6) is -0.674. The lowest BCUT2D eigenvalue weighted by atomic mass is 9.82. The van der Waals surface area contributed by atoms with Crippen LogP contribution in [0.5, 0.6) is 0 Å². The molecule has 1 heterocycles. The number of carboxylic acid groups (broad SMARTS) is 1. The topological polar surface area (TPSA) is 52.6 Å². The lowest BCUT2D eigenvalue weighted by molar-refractivity contribution is -0.149. The first-order valence-electron chi connectivity index (χ1n) is 8.38. The fourth-order valence-electron chi connectivity index (χ4n) is 3.20. The van der Waals surface area contributed by atoms with Crippen LogP contribution in [-0.2, 0) is 4.79 Å². The van der Waals surface area contributed by atoms with Gasteiger partial charge in [0.2, 0.25) is 0 Å². The van der Waals surface area contributed by atoms with Gasteiger partial charge in [0.05, 0.1) is 5.41 Å². The molecule has 1 aromatic carbocycles. The van der Waals surface area contributed by atoms with Crippen molar-refractivity contribution in [3.05, 3.63) is 30.3 Å². The van der Waals surface area contributed by atoms with E-state index in [0.717, 1.165) is 25.9 Å². The Morgan fingerprint density at radius 1 is 1.23 bits per heavy atom. The summed E-state index contributed by atoms with van der Waals surface area (Å²) >= 11 is 0. The van der Waals surface area contributed by atoms with E-state index >= 15 is 0 Å². The summed E-state index contributed by atoms with van der Waals surface area (Å²) in [4.78, 5) is 14.0. The number of benzene rings is 1. The van der Waals surface area contributed by atoms with Crippen molar-refractivity contribution >= 4 is 11.7 Å². The highest BCUT2D eigenvalue weighted by molar-refractivity contribution is 5.74. The minimum absolute atomic E-state index is 0.428. The molecule has 2 rings (SSSR count). The maximum absolute atomic E-state index is 11.5. The van der Waals surface area contributed by atoms with Gasteiger partial charge in [-0.1, -0.05) is 32.0 Å². The molecule has 1 fully saturated rings. The molecule has 1 saturated heterocycles. The first kappa shape index (κ1) is 16.8. The van der Waals surface area contributed by atoms with Crippen LogP contribution in [0.2, 0.25) is 0 Å². The lowest BCUT2D eigenvalue weighted by Crippen LogP contribution is -2.48. The Kier molecular flexibility index (Phi) is 5.83. The molecule has 1 aliphatic rings. The second-order valence-corrected chi connectivity index (χ2v) is 6.27. The molecule has 1 aromatic rings. The molecule has 0 spiro atoms. The van der Waals surface area contributed by atoms with Crippen LogP contribution in [0.3, 0.4) is 0 Å². The zero-order valence-corrected chi connectivity index (χ0v) is 13.7. The number of hydrogen-bond donors (Lipinski definition) is 2. The van der Waals surface area contributed by atoms with Crippen molar-refractivity contribution < 1.29 is 9.90 Å². The van der Waals surface area contributed by atoms with Crippen molar-refractivity contribution in [2.75, 3.05) is 24.5 Å². The average Bonchev–Trinajstić information content (AvgIpc) is 2.57. The van der Waals surface area contributed by atoms with Crippen LogP contribution < -0.4 is 10.2 Å². The Morgan fingerprint density at radius 2 is 1.82 bits per heavy atom. The van der Waals surface area contributed by atoms with Gasteiger partial charge in [-0.25, -0.2) is 0 Å². The normalized spacial score (nSPS) is 16.7. The minimum atomic E-state index is -0.674. The van der Waals surface area contributed by atoms with E-state index in [1.807, 2.05) is 19.9 Å². The molecule has 0 unspecified atom stereocenters. The molecule has 0 saturated carbocycles. The van der Waals surface area contributed by atoms with E-state index in [1.165, 1.54) is 5.69 Å². The second-order valence-electron chi connectivity index (χ2n) is 6.27. The summed E-state index contributed by atoms with van der Waals surface area (Å²) in [6.07, 6.45) is 3.49. The van der Waals surface area contributed by atoms with E-state index in [9.17, 15) is 9.90 Å². The Bertz CT molecular complexity index is 463. The number of nitrogens with one attached hydrogen (secondary N) is 1. The monoisotopic (exact) mass is 304 g/mol. The molecule has 2 N–H and O–H groups in total. The zero-order valence-electron chi connectivity index (χ0n) is 13.7. The van der Waals surface area contributed by atoms with Crippen molar-refractivity contribution in [3.8, 4) is 0 Å². The Morgan fingerprint density at radius 3 is 2.32 bits per heavy atom. The smallest absolute Gasteiger partial charge is 0.310 e. The number of piperidine rings is 1. The molecule has 0 aromatic heterocycles. The molecule has 0 radical (unpaired) electrons. The van der Waals surface area contributed by atoms with Crippen LogP contribution in [-0.4, -0.2) is 36.8 Å². The fraction of sp³-hybridized carbons (Fsp3) is 0.611. The molecule has 1 aliphatic heterocycles. The molecule has 0 bridgehead atoms. The summed E-state index contributed by atoms with van der Waals surface area (Å²) in [7, 11) is 0. The molecule has 0 aliphatic carbocycles. The number of carboxylic acids is 1. The molecule has 4 nitrogen and oxygen atoms in total. The zero-order chi connectivity index (χ0) is 16.0. The van der Waals surface area contributed by atoms with Gasteiger partial charge in [0.1, 0.15) is 0 Å². The molecule has 122 valence electrons. The predicted molar refractivity (Wildman–Crippen MR) is 90.3 cm³/mol. The molecule has 4 heteroatoms. The Labute approximate surface area is 133 Å². The number of hydrogen-bond acceptors (Lipinski definition) is 3. The summed E-state index contributed by atoms with van der Waals surface area (Å²) in [5, 5.41) is 13.0. The van der Waals surface area contributed by atoms with Crippen LogP contribution in [0.15, 0.2) is 30.3 Å². The largest absolute Gasteiger partial charge is 0.481 e. The van der Waals surface area contributed by atoms with Gasteiger partial charge in [0, 0.05) is 31.4 Å². The second kappa shape index (κ2) is 7.63. The minimum Gasteiger partial charge on any atom is -0.481 e. The molecular weight excluding hydrogens is 276 g/mol. The molecule has 0 atom stereocenters. The van der Waals surface area contributed by atoms with Gasteiger partial charge in [0.25, 0.3) is 0 Å². The fourth-order valence-corrected chi connectivity index (χ4v) is 3.20. The van der Waals surface area contributed by atoms with Crippen LogP contribution in [0.25, 0.3) is 0 Å². The molecular formula is C18H28N2O2. The van der Waals surface area contributed by atoms with Crippen LogP contribution >= 0.6 is 0 Å². The third kappa shape index (κ3) is 3.80. The first-order valence-corrected chi connectivity index (χ1v) is 8.38. The van der Waals surface area contributed by atoms with E-state index < -0.39 is 11.4 Å². The number of aliphatic carboxylic acids is 1. The highest BCUT2D eigenvalue weighted by Crippen LogP contribution is 2.27. The van der Waals surface area contributed by atoms with Gasteiger partial charge in [-0.05, 0) is 37.8 Å². The number of rotatable bonds is 7. The maximum atomic E-state index is 11.5. The third-order valence-electron chi connectivity index (χ3n) is 5.15. The van der Waals surface area contributed by atoms with E-state index in [1.54, 1.807) is 0 Å². The summed E-state index contributed by atoms with van der Waals surface area (Å²) in [6, 6.07) is 10.9. The van der Waals surface area contributed by atoms with Gasteiger partial charge < -0.3 is 15.3 Å². The SMILES string of the molecule is CCC(CC)(CNC1CCN(c2ccccc2)CC1)C(=O)O. The Hall–Kier alpha value is -1.55. The number of para-hydroxylation sites is 1. The number of nitrogens with zero attached hydrogens (tertiary/aromatic N) is 1. The summed E-state index contributed by atoms with van der Waals surface area (Å²) in [6.45, 7) is 6.57. The number of carbonyl (C=O) groups is 1. The molecule has 22 heavy (non-hydrogen) atoms. The van der Waals surface area contributed by atoms with Crippen LogP contribution in [0.4, 0.5) is 5.69 Å². The summed E-state index contributed by atoms with van der Waals surface area (Å²) in [5.41, 5.74) is 0.666. The quantitative estimate of drug-likeness (QED) is 0.812.